The maximum absolute atomic E-state index is 12.7. The molecule has 0 aliphatic heterocycles. The Morgan fingerprint density at radius 3 is 2.39 bits per heavy atom. The van der Waals surface area contributed by atoms with Crippen molar-refractivity contribution in [3.05, 3.63) is 30.1 Å². The molecule has 1 aromatic rings. The summed E-state index contributed by atoms with van der Waals surface area (Å²) in [7, 11) is -0.975. The number of benzene rings is 1. The molecule has 0 radical (unpaired) electrons. The molecule has 0 aliphatic rings. The highest BCUT2D eigenvalue weighted by atomic mass is 32.2. The van der Waals surface area contributed by atoms with E-state index in [1.807, 2.05) is 20.8 Å². The summed E-state index contributed by atoms with van der Waals surface area (Å²) in [4.78, 5) is 11.5. The summed E-state index contributed by atoms with van der Waals surface area (Å²) < 4.78 is 29.7. The van der Waals surface area contributed by atoms with Gasteiger partial charge < -0.3 is 15.4 Å². The number of rotatable bonds is 8. The van der Waals surface area contributed by atoms with Crippen LogP contribution < -0.4 is 15.4 Å². The monoisotopic (exact) mass is 344 g/mol. The van der Waals surface area contributed by atoms with E-state index in [1.54, 1.807) is 12.1 Å². The number of urea groups is 1. The van der Waals surface area contributed by atoms with E-state index in [4.69, 9.17) is 4.74 Å². The molecular formula is C16H25FN2O3S. The van der Waals surface area contributed by atoms with Crippen LogP contribution in [0.15, 0.2) is 24.3 Å². The van der Waals surface area contributed by atoms with Gasteiger partial charge in [0, 0.05) is 34.4 Å². The molecule has 1 aromatic carbocycles. The summed E-state index contributed by atoms with van der Waals surface area (Å²) in [5, 5.41) is 5.38. The molecule has 7 heteroatoms. The predicted molar refractivity (Wildman–Crippen MR) is 90.7 cm³/mol. The Bertz CT molecular complexity index is 515. The number of carbonyl (C=O) groups excluding carboxylic acids is 1. The third-order valence-corrected chi connectivity index (χ3v) is 4.89. The van der Waals surface area contributed by atoms with Crippen molar-refractivity contribution < 1.29 is 18.1 Å². The van der Waals surface area contributed by atoms with Crippen LogP contribution in [0.3, 0.4) is 0 Å². The van der Waals surface area contributed by atoms with Gasteiger partial charge in [0.05, 0.1) is 6.61 Å². The van der Waals surface area contributed by atoms with Gasteiger partial charge in [-0.15, -0.1) is 0 Å². The van der Waals surface area contributed by atoms with Crippen molar-refractivity contribution in [3.63, 3.8) is 0 Å². The Hall–Kier alpha value is -1.63. The Balaban J connectivity index is 2.06. The summed E-state index contributed by atoms with van der Waals surface area (Å²) >= 11 is 0. The van der Waals surface area contributed by atoms with Crippen molar-refractivity contribution in [1.82, 2.24) is 10.6 Å². The molecule has 130 valence electrons. The fraction of sp³-hybridized carbons (Fsp3) is 0.562. The molecule has 0 bridgehead atoms. The molecule has 2 N–H and O–H groups in total. The smallest absolute Gasteiger partial charge is 0.314 e. The van der Waals surface area contributed by atoms with Crippen molar-refractivity contribution in [3.8, 4) is 5.75 Å². The Labute approximate surface area is 139 Å². The zero-order valence-electron chi connectivity index (χ0n) is 13.9. The number of carbonyl (C=O) groups is 1. The number of hydrogen-bond acceptors (Lipinski definition) is 3. The van der Waals surface area contributed by atoms with Gasteiger partial charge in [0.1, 0.15) is 11.6 Å². The third kappa shape index (κ3) is 8.54. The molecule has 0 saturated carbocycles. The van der Waals surface area contributed by atoms with Crippen LogP contribution >= 0.6 is 0 Å². The normalized spacial score (nSPS) is 12.5. The number of nitrogens with one attached hydrogen (secondary N) is 2. The molecule has 0 aliphatic carbocycles. The Morgan fingerprint density at radius 1 is 1.17 bits per heavy atom. The Morgan fingerprint density at radius 2 is 1.78 bits per heavy atom. The van der Waals surface area contributed by atoms with Gasteiger partial charge >= 0.3 is 6.03 Å². The maximum atomic E-state index is 12.7. The van der Waals surface area contributed by atoms with E-state index < -0.39 is 10.8 Å². The van der Waals surface area contributed by atoms with E-state index in [9.17, 15) is 13.4 Å². The van der Waals surface area contributed by atoms with Gasteiger partial charge in [-0.25, -0.2) is 9.18 Å². The van der Waals surface area contributed by atoms with Crippen LogP contribution in [0.2, 0.25) is 0 Å². The molecule has 1 rings (SSSR count). The first kappa shape index (κ1) is 19.4. The molecule has 1 atom stereocenters. The van der Waals surface area contributed by atoms with Crippen LogP contribution in [-0.4, -0.2) is 40.4 Å². The van der Waals surface area contributed by atoms with E-state index in [1.165, 1.54) is 12.1 Å². The van der Waals surface area contributed by atoms with E-state index in [0.717, 1.165) is 0 Å². The fourth-order valence-corrected chi connectivity index (χ4v) is 2.52. The van der Waals surface area contributed by atoms with Crippen molar-refractivity contribution in [1.29, 1.82) is 0 Å². The van der Waals surface area contributed by atoms with Gasteiger partial charge in [0.25, 0.3) is 0 Å². The van der Waals surface area contributed by atoms with Gasteiger partial charge in [-0.3, -0.25) is 4.21 Å². The standard InChI is InChI=1S/C16H25FN2O3S/c1-16(2,3)23(21)12-10-19-15(20)18-9-4-11-22-14-7-5-13(17)6-8-14/h5-8H,4,9-12H2,1-3H3,(H2,18,19,20)/t23-/m0/s1. The lowest BCUT2D eigenvalue weighted by Crippen LogP contribution is -2.39. The summed E-state index contributed by atoms with van der Waals surface area (Å²) in [5.74, 6) is 0.730. The van der Waals surface area contributed by atoms with E-state index in [-0.39, 0.29) is 16.6 Å². The van der Waals surface area contributed by atoms with Crippen LogP contribution in [0.1, 0.15) is 27.2 Å². The van der Waals surface area contributed by atoms with E-state index >= 15 is 0 Å². The third-order valence-electron chi connectivity index (χ3n) is 2.95. The SMILES string of the molecule is CC(C)(C)[S@@](=O)CCNC(=O)NCCCOc1ccc(F)cc1. The van der Waals surface area contributed by atoms with Crippen molar-refractivity contribution in [2.24, 2.45) is 0 Å². The largest absolute Gasteiger partial charge is 0.494 e. The molecule has 23 heavy (non-hydrogen) atoms. The predicted octanol–water partition coefficient (Wildman–Crippen LogP) is 2.44. The first-order valence-corrected chi connectivity index (χ1v) is 8.89. The first-order chi connectivity index (χ1) is 10.8. The van der Waals surface area contributed by atoms with E-state index in [2.05, 4.69) is 10.6 Å². The first-order valence-electron chi connectivity index (χ1n) is 7.57. The average molecular weight is 344 g/mol. The highest BCUT2D eigenvalue weighted by Gasteiger charge is 2.18. The van der Waals surface area contributed by atoms with Gasteiger partial charge in [0.15, 0.2) is 0 Å². The minimum atomic E-state index is -0.975. The molecule has 0 aromatic heterocycles. The highest BCUT2D eigenvalue weighted by molar-refractivity contribution is 7.86. The molecule has 5 nitrogen and oxygen atoms in total. The van der Waals surface area contributed by atoms with Crippen LogP contribution in [0.5, 0.6) is 5.75 Å². The van der Waals surface area contributed by atoms with Crippen molar-refractivity contribution in [2.45, 2.75) is 31.9 Å². The molecule has 0 unspecified atom stereocenters. The van der Waals surface area contributed by atoms with Crippen molar-refractivity contribution >= 4 is 16.8 Å². The molecular weight excluding hydrogens is 319 g/mol. The second-order valence-corrected chi connectivity index (χ2v) is 8.32. The topological polar surface area (TPSA) is 67.4 Å². The number of halogens is 1. The average Bonchev–Trinajstić information content (AvgIpc) is 2.47. The lowest BCUT2D eigenvalue weighted by Gasteiger charge is -2.17. The zero-order chi connectivity index (χ0) is 17.3. The summed E-state index contributed by atoms with van der Waals surface area (Å²) in [6.07, 6.45) is 0.638. The van der Waals surface area contributed by atoms with Gasteiger partial charge in [0.2, 0.25) is 0 Å². The zero-order valence-corrected chi connectivity index (χ0v) is 14.7. The molecule has 0 heterocycles. The molecule has 0 fully saturated rings. The lowest BCUT2D eigenvalue weighted by atomic mass is 10.3. The second kappa shape index (κ2) is 9.50. The second-order valence-electron chi connectivity index (χ2n) is 6.00. The summed E-state index contributed by atoms with van der Waals surface area (Å²) in [6, 6.07) is 5.51. The highest BCUT2D eigenvalue weighted by Crippen LogP contribution is 2.11. The minimum Gasteiger partial charge on any atom is -0.494 e. The Kier molecular flexibility index (Phi) is 8.02. The summed E-state index contributed by atoms with van der Waals surface area (Å²) in [6.45, 7) is 7.00. The number of hydrogen-bond donors (Lipinski definition) is 2. The molecule has 2 amide bonds. The molecule has 0 spiro atoms. The van der Waals surface area contributed by atoms with Crippen LogP contribution in [0, 0.1) is 5.82 Å². The van der Waals surface area contributed by atoms with Crippen LogP contribution in [0.25, 0.3) is 0 Å². The quantitative estimate of drug-likeness (QED) is 0.712. The fourth-order valence-electron chi connectivity index (χ4n) is 1.62. The van der Waals surface area contributed by atoms with Crippen molar-refractivity contribution in [2.75, 3.05) is 25.4 Å². The van der Waals surface area contributed by atoms with Crippen LogP contribution in [0.4, 0.5) is 9.18 Å². The van der Waals surface area contributed by atoms with Gasteiger partial charge in [-0.1, -0.05) is 0 Å². The lowest BCUT2D eigenvalue weighted by molar-refractivity contribution is 0.239. The van der Waals surface area contributed by atoms with Gasteiger partial charge in [-0.05, 0) is 51.5 Å². The number of amides is 2. The maximum Gasteiger partial charge on any atom is 0.314 e. The number of ether oxygens (including phenoxy) is 1. The summed E-state index contributed by atoms with van der Waals surface area (Å²) in [5.41, 5.74) is 0. The molecule has 0 saturated heterocycles. The van der Waals surface area contributed by atoms with Gasteiger partial charge in [-0.2, -0.15) is 0 Å². The minimum absolute atomic E-state index is 0.268. The van der Waals surface area contributed by atoms with Crippen LogP contribution in [-0.2, 0) is 10.8 Å². The van der Waals surface area contributed by atoms with E-state index in [0.29, 0.717) is 37.6 Å².